The monoisotopic (exact) mass is 357 g/mol. The number of nitro benzene ring substituents is 1. The number of benzene rings is 2. The Bertz CT molecular complexity index is 775. The van der Waals surface area contributed by atoms with Crippen molar-refractivity contribution in [3.63, 3.8) is 0 Å². The third-order valence-corrected chi connectivity index (χ3v) is 3.98. The zero-order valence-electron chi connectivity index (χ0n) is 12.2. The molecule has 126 valence electrons. The fraction of sp³-hybridized carbons (Fsp3) is 0.133. The highest BCUT2D eigenvalue weighted by Crippen LogP contribution is 2.39. The summed E-state index contributed by atoms with van der Waals surface area (Å²) in [6, 6.07) is 8.85. The predicted octanol–water partition coefficient (Wildman–Crippen LogP) is 4.55. The van der Waals surface area contributed by atoms with Crippen LogP contribution in [0.15, 0.2) is 52.3 Å². The molecule has 0 saturated carbocycles. The molecular formula is C15H10F3NO4S. The maximum atomic E-state index is 12.9. The summed E-state index contributed by atoms with van der Waals surface area (Å²) >= 11 is 0.992. The Hall–Kier alpha value is -2.55. The predicted molar refractivity (Wildman–Crippen MR) is 80.0 cm³/mol. The molecule has 0 radical (unpaired) electrons. The molecule has 0 saturated heterocycles. The van der Waals surface area contributed by atoms with E-state index in [1.54, 1.807) is 12.1 Å². The minimum absolute atomic E-state index is 0.193. The first-order valence-electron chi connectivity index (χ1n) is 6.44. The van der Waals surface area contributed by atoms with Gasteiger partial charge < -0.3 is 4.74 Å². The van der Waals surface area contributed by atoms with Crippen LogP contribution < -0.4 is 0 Å². The fourth-order valence-corrected chi connectivity index (χ4v) is 2.74. The summed E-state index contributed by atoms with van der Waals surface area (Å²) in [6.07, 6.45) is -4.83. The van der Waals surface area contributed by atoms with Crippen LogP contribution in [0.2, 0.25) is 0 Å². The average molecular weight is 357 g/mol. The van der Waals surface area contributed by atoms with Crippen molar-refractivity contribution in [2.45, 2.75) is 16.0 Å². The van der Waals surface area contributed by atoms with Gasteiger partial charge in [0.2, 0.25) is 0 Å². The van der Waals surface area contributed by atoms with Gasteiger partial charge in [0.1, 0.15) is 5.56 Å². The average Bonchev–Trinajstić information content (AvgIpc) is 2.53. The zero-order chi connectivity index (χ0) is 17.9. The van der Waals surface area contributed by atoms with Gasteiger partial charge in [-0.15, -0.1) is 0 Å². The number of hydrogen-bond acceptors (Lipinski definition) is 5. The van der Waals surface area contributed by atoms with Crippen LogP contribution in [0, 0.1) is 10.1 Å². The van der Waals surface area contributed by atoms with Gasteiger partial charge in [0.05, 0.1) is 17.6 Å². The minimum Gasteiger partial charge on any atom is -0.465 e. The van der Waals surface area contributed by atoms with E-state index in [4.69, 9.17) is 0 Å². The molecule has 0 amide bonds. The van der Waals surface area contributed by atoms with E-state index < -0.39 is 28.3 Å². The Kier molecular flexibility index (Phi) is 5.13. The van der Waals surface area contributed by atoms with Crippen LogP contribution in [0.25, 0.3) is 0 Å². The summed E-state index contributed by atoms with van der Waals surface area (Å²) in [5.41, 5.74) is -1.99. The van der Waals surface area contributed by atoms with Gasteiger partial charge in [-0.1, -0.05) is 11.8 Å². The number of hydrogen-bond donors (Lipinski definition) is 0. The van der Waals surface area contributed by atoms with Crippen LogP contribution in [-0.4, -0.2) is 18.0 Å². The van der Waals surface area contributed by atoms with Gasteiger partial charge in [0.25, 0.3) is 5.69 Å². The highest BCUT2D eigenvalue weighted by molar-refractivity contribution is 7.99. The largest absolute Gasteiger partial charge is 0.465 e. The lowest BCUT2D eigenvalue weighted by Crippen LogP contribution is -2.08. The first-order valence-corrected chi connectivity index (χ1v) is 7.26. The Morgan fingerprint density at radius 3 is 2.21 bits per heavy atom. The standard InChI is InChI=1S/C15H10F3NO4S/c1-23-14(20)9-2-4-10(5-3-9)24-11-6-7-13(19(21)22)12(8-11)15(16,17)18/h2-8H,1H3. The maximum absolute atomic E-state index is 12.9. The molecule has 0 fully saturated rings. The summed E-state index contributed by atoms with van der Waals surface area (Å²) in [5.74, 6) is -0.527. The molecule has 24 heavy (non-hydrogen) atoms. The van der Waals surface area contributed by atoms with E-state index in [1.807, 2.05) is 0 Å². The summed E-state index contributed by atoms with van der Waals surface area (Å²) in [5, 5.41) is 10.7. The Balaban J connectivity index is 2.30. The molecule has 0 aliphatic carbocycles. The van der Waals surface area contributed by atoms with E-state index in [0.717, 1.165) is 23.9 Å². The maximum Gasteiger partial charge on any atom is 0.423 e. The number of carbonyl (C=O) groups is 1. The fourth-order valence-electron chi connectivity index (χ4n) is 1.88. The van der Waals surface area contributed by atoms with Gasteiger partial charge >= 0.3 is 12.1 Å². The Morgan fingerprint density at radius 1 is 1.12 bits per heavy atom. The molecule has 2 rings (SSSR count). The topological polar surface area (TPSA) is 69.4 Å². The van der Waals surface area contributed by atoms with E-state index in [-0.39, 0.29) is 4.90 Å². The van der Waals surface area contributed by atoms with Gasteiger partial charge in [0, 0.05) is 15.9 Å². The molecule has 0 N–H and O–H groups in total. The van der Waals surface area contributed by atoms with E-state index in [0.29, 0.717) is 10.5 Å². The summed E-state index contributed by atoms with van der Waals surface area (Å²) in [4.78, 5) is 21.7. The molecule has 0 aliphatic rings. The van der Waals surface area contributed by atoms with Crippen molar-refractivity contribution in [2.75, 3.05) is 7.11 Å². The van der Waals surface area contributed by atoms with E-state index >= 15 is 0 Å². The summed E-state index contributed by atoms with van der Waals surface area (Å²) < 4.78 is 43.4. The van der Waals surface area contributed by atoms with Crippen molar-refractivity contribution in [1.82, 2.24) is 0 Å². The van der Waals surface area contributed by atoms with Gasteiger partial charge in [-0.25, -0.2) is 4.79 Å². The quantitative estimate of drug-likeness (QED) is 0.456. The molecule has 5 nitrogen and oxygen atoms in total. The van der Waals surface area contributed by atoms with Crippen molar-refractivity contribution in [3.05, 3.63) is 63.7 Å². The molecule has 0 aliphatic heterocycles. The smallest absolute Gasteiger partial charge is 0.423 e. The number of halogens is 3. The lowest BCUT2D eigenvalue weighted by Gasteiger charge is -2.09. The number of alkyl halides is 3. The van der Waals surface area contributed by atoms with Crippen molar-refractivity contribution < 1.29 is 27.6 Å². The second-order valence-corrected chi connectivity index (χ2v) is 5.70. The lowest BCUT2D eigenvalue weighted by atomic mass is 10.2. The molecular weight excluding hydrogens is 347 g/mol. The third-order valence-electron chi connectivity index (χ3n) is 2.98. The molecule has 0 bridgehead atoms. The van der Waals surface area contributed by atoms with Crippen molar-refractivity contribution in [2.24, 2.45) is 0 Å². The zero-order valence-corrected chi connectivity index (χ0v) is 13.0. The first kappa shape index (κ1) is 17.8. The van der Waals surface area contributed by atoms with E-state index in [9.17, 15) is 28.1 Å². The van der Waals surface area contributed by atoms with Gasteiger partial charge in [0.15, 0.2) is 0 Å². The van der Waals surface area contributed by atoms with Crippen LogP contribution in [0.1, 0.15) is 15.9 Å². The number of ether oxygens (including phenoxy) is 1. The molecule has 0 heterocycles. The van der Waals surface area contributed by atoms with Crippen LogP contribution >= 0.6 is 11.8 Å². The van der Waals surface area contributed by atoms with Gasteiger partial charge in [-0.05, 0) is 36.4 Å². The molecule has 0 atom stereocenters. The molecule has 0 unspecified atom stereocenters. The number of carbonyl (C=O) groups excluding carboxylic acids is 1. The number of nitrogens with zero attached hydrogens (tertiary/aromatic N) is 1. The minimum atomic E-state index is -4.83. The van der Waals surface area contributed by atoms with Crippen LogP contribution in [0.5, 0.6) is 0 Å². The summed E-state index contributed by atoms with van der Waals surface area (Å²) in [6.45, 7) is 0. The van der Waals surface area contributed by atoms with Crippen molar-refractivity contribution in [3.8, 4) is 0 Å². The highest BCUT2D eigenvalue weighted by Gasteiger charge is 2.38. The van der Waals surface area contributed by atoms with Gasteiger partial charge in [-0.2, -0.15) is 13.2 Å². The van der Waals surface area contributed by atoms with Crippen LogP contribution in [0.3, 0.4) is 0 Å². The van der Waals surface area contributed by atoms with E-state index in [1.165, 1.54) is 25.3 Å². The number of nitro groups is 1. The van der Waals surface area contributed by atoms with Crippen molar-refractivity contribution >= 4 is 23.4 Å². The summed E-state index contributed by atoms with van der Waals surface area (Å²) in [7, 11) is 1.24. The third kappa shape index (κ3) is 4.05. The van der Waals surface area contributed by atoms with Crippen molar-refractivity contribution in [1.29, 1.82) is 0 Å². The number of methoxy groups -OCH3 is 1. The Morgan fingerprint density at radius 2 is 1.71 bits per heavy atom. The number of esters is 1. The second-order valence-electron chi connectivity index (χ2n) is 4.55. The second kappa shape index (κ2) is 6.91. The molecule has 9 heteroatoms. The Labute approximate surface area is 138 Å². The normalized spacial score (nSPS) is 11.2. The van der Waals surface area contributed by atoms with Crippen LogP contribution in [0.4, 0.5) is 18.9 Å². The lowest BCUT2D eigenvalue weighted by molar-refractivity contribution is -0.388. The molecule has 0 spiro atoms. The first-order chi connectivity index (χ1) is 11.2. The molecule has 0 aromatic heterocycles. The molecule has 2 aromatic rings. The highest BCUT2D eigenvalue weighted by atomic mass is 32.2. The van der Waals surface area contributed by atoms with Gasteiger partial charge in [-0.3, -0.25) is 10.1 Å². The molecule has 2 aromatic carbocycles. The SMILES string of the molecule is COC(=O)c1ccc(Sc2ccc([N+](=O)[O-])c(C(F)(F)F)c2)cc1. The van der Waals surface area contributed by atoms with Crippen LogP contribution in [-0.2, 0) is 10.9 Å². The number of rotatable bonds is 4. The van der Waals surface area contributed by atoms with E-state index in [2.05, 4.69) is 4.74 Å².